The van der Waals surface area contributed by atoms with Crippen LogP contribution >= 0.6 is 0 Å². The van der Waals surface area contributed by atoms with E-state index in [2.05, 4.69) is 0 Å². The molecule has 0 bridgehead atoms. The summed E-state index contributed by atoms with van der Waals surface area (Å²) in [6.45, 7) is 6.59. The van der Waals surface area contributed by atoms with Gasteiger partial charge in [-0.2, -0.15) is 0 Å². The van der Waals surface area contributed by atoms with E-state index in [9.17, 15) is 0 Å². The van der Waals surface area contributed by atoms with Gasteiger partial charge in [0.2, 0.25) is 0 Å². The summed E-state index contributed by atoms with van der Waals surface area (Å²) in [6.07, 6.45) is 0.503. The Morgan fingerprint density at radius 3 is 2.00 bits per heavy atom. The lowest BCUT2D eigenvalue weighted by atomic mass is 10.4. The first-order valence-corrected chi connectivity index (χ1v) is 3.02. The van der Waals surface area contributed by atoms with Crippen LogP contribution in [0.15, 0.2) is 0 Å². The SMILES string of the molecule is CC(C)OC(C)CN. The second kappa shape index (κ2) is 3.87. The highest BCUT2D eigenvalue weighted by Gasteiger charge is 1.99. The zero-order valence-corrected chi connectivity index (χ0v) is 5.85. The fourth-order valence-electron chi connectivity index (χ4n) is 0.520. The second-order valence-electron chi connectivity index (χ2n) is 2.23. The first kappa shape index (κ1) is 7.92. The molecule has 0 saturated heterocycles. The summed E-state index contributed by atoms with van der Waals surface area (Å²) < 4.78 is 5.27. The van der Waals surface area contributed by atoms with Crippen LogP contribution in [0.1, 0.15) is 20.8 Å². The molecule has 2 heteroatoms. The molecule has 0 aromatic rings. The highest BCUT2D eigenvalue weighted by atomic mass is 16.5. The van der Waals surface area contributed by atoms with Gasteiger partial charge in [0.1, 0.15) is 0 Å². The minimum Gasteiger partial charge on any atom is -0.375 e. The van der Waals surface area contributed by atoms with Gasteiger partial charge in [-0.3, -0.25) is 0 Å². The topological polar surface area (TPSA) is 35.2 Å². The standard InChI is InChI=1S/C6H15NO/c1-5(2)8-6(3)4-7/h5-6H,4,7H2,1-3H3. The lowest BCUT2D eigenvalue weighted by Gasteiger charge is -2.12. The van der Waals surface area contributed by atoms with E-state index in [1.165, 1.54) is 0 Å². The lowest BCUT2D eigenvalue weighted by Crippen LogP contribution is -2.23. The van der Waals surface area contributed by atoms with Gasteiger partial charge in [-0.25, -0.2) is 0 Å². The van der Waals surface area contributed by atoms with E-state index in [1.807, 2.05) is 20.8 Å². The molecule has 0 aromatic heterocycles. The zero-order chi connectivity index (χ0) is 6.57. The number of hydrogen-bond donors (Lipinski definition) is 1. The van der Waals surface area contributed by atoms with E-state index in [4.69, 9.17) is 10.5 Å². The largest absolute Gasteiger partial charge is 0.375 e. The van der Waals surface area contributed by atoms with Crippen LogP contribution in [0.4, 0.5) is 0 Å². The van der Waals surface area contributed by atoms with Gasteiger partial charge < -0.3 is 10.5 Å². The molecule has 0 amide bonds. The van der Waals surface area contributed by atoms with Gasteiger partial charge in [0, 0.05) is 6.54 Å². The van der Waals surface area contributed by atoms with Crippen molar-refractivity contribution in [3.8, 4) is 0 Å². The van der Waals surface area contributed by atoms with Gasteiger partial charge >= 0.3 is 0 Å². The molecular formula is C6H15NO. The van der Waals surface area contributed by atoms with Crippen LogP contribution in [0, 0.1) is 0 Å². The first-order valence-electron chi connectivity index (χ1n) is 3.02. The van der Waals surface area contributed by atoms with E-state index < -0.39 is 0 Å². The number of hydrogen-bond acceptors (Lipinski definition) is 2. The summed E-state index contributed by atoms with van der Waals surface area (Å²) in [4.78, 5) is 0. The fraction of sp³-hybridized carbons (Fsp3) is 1.00. The average molecular weight is 117 g/mol. The van der Waals surface area contributed by atoms with Gasteiger partial charge in [-0.1, -0.05) is 0 Å². The predicted molar refractivity (Wildman–Crippen MR) is 34.7 cm³/mol. The van der Waals surface area contributed by atoms with Gasteiger partial charge in [-0.15, -0.1) is 0 Å². The molecule has 1 atom stereocenters. The molecule has 0 rings (SSSR count). The molecule has 0 fully saturated rings. The van der Waals surface area contributed by atoms with E-state index in [0.717, 1.165) is 0 Å². The van der Waals surface area contributed by atoms with Crippen LogP contribution in [-0.4, -0.2) is 18.8 Å². The maximum atomic E-state index is 5.30. The van der Waals surface area contributed by atoms with Crippen molar-refractivity contribution in [1.82, 2.24) is 0 Å². The van der Waals surface area contributed by atoms with Crippen molar-refractivity contribution >= 4 is 0 Å². The van der Waals surface area contributed by atoms with Crippen LogP contribution in [0.5, 0.6) is 0 Å². The van der Waals surface area contributed by atoms with Crippen molar-refractivity contribution in [3.05, 3.63) is 0 Å². The fourth-order valence-corrected chi connectivity index (χ4v) is 0.520. The molecule has 0 aliphatic heterocycles. The van der Waals surface area contributed by atoms with Gasteiger partial charge in [0.25, 0.3) is 0 Å². The smallest absolute Gasteiger partial charge is 0.0672 e. The molecule has 0 radical (unpaired) electrons. The van der Waals surface area contributed by atoms with E-state index in [0.29, 0.717) is 12.6 Å². The lowest BCUT2D eigenvalue weighted by molar-refractivity contribution is 0.0243. The van der Waals surface area contributed by atoms with Crippen LogP contribution in [0.3, 0.4) is 0 Å². The molecule has 0 heterocycles. The van der Waals surface area contributed by atoms with Crippen molar-refractivity contribution in [2.45, 2.75) is 33.0 Å². The van der Waals surface area contributed by atoms with Crippen LogP contribution < -0.4 is 5.73 Å². The third-order valence-corrected chi connectivity index (χ3v) is 0.836. The Bertz CT molecular complexity index is 54.5. The maximum absolute atomic E-state index is 5.30. The quantitative estimate of drug-likeness (QED) is 0.592. The van der Waals surface area contributed by atoms with Gasteiger partial charge in [0.15, 0.2) is 0 Å². The van der Waals surface area contributed by atoms with Crippen molar-refractivity contribution in [3.63, 3.8) is 0 Å². The Hall–Kier alpha value is -0.0800. The summed E-state index contributed by atoms with van der Waals surface area (Å²) in [5.41, 5.74) is 5.30. The molecule has 0 spiro atoms. The van der Waals surface area contributed by atoms with Crippen molar-refractivity contribution < 1.29 is 4.74 Å². The van der Waals surface area contributed by atoms with E-state index in [-0.39, 0.29) is 6.10 Å². The first-order chi connectivity index (χ1) is 3.66. The predicted octanol–water partition coefficient (Wildman–Crippen LogP) is 0.759. The normalized spacial score (nSPS) is 14.6. The van der Waals surface area contributed by atoms with Crippen molar-refractivity contribution in [2.24, 2.45) is 5.73 Å². The van der Waals surface area contributed by atoms with Crippen molar-refractivity contribution in [2.75, 3.05) is 6.54 Å². The summed E-state index contributed by atoms with van der Waals surface area (Å²) >= 11 is 0. The van der Waals surface area contributed by atoms with Gasteiger partial charge in [0.05, 0.1) is 12.2 Å². The number of rotatable bonds is 3. The van der Waals surface area contributed by atoms with E-state index >= 15 is 0 Å². The second-order valence-corrected chi connectivity index (χ2v) is 2.23. The molecule has 8 heavy (non-hydrogen) atoms. The molecule has 2 nitrogen and oxygen atoms in total. The molecule has 2 N–H and O–H groups in total. The number of ether oxygens (including phenoxy) is 1. The Balaban J connectivity index is 3.10. The minimum atomic E-state index is 0.204. The van der Waals surface area contributed by atoms with Crippen LogP contribution in [0.2, 0.25) is 0 Å². The molecule has 50 valence electrons. The zero-order valence-electron chi connectivity index (χ0n) is 5.85. The highest BCUT2D eigenvalue weighted by Crippen LogP contribution is 1.93. The maximum Gasteiger partial charge on any atom is 0.0672 e. The molecular weight excluding hydrogens is 102 g/mol. The summed E-state index contributed by atoms with van der Waals surface area (Å²) in [5.74, 6) is 0. The highest BCUT2D eigenvalue weighted by molar-refractivity contribution is 4.49. The Kier molecular flexibility index (Phi) is 3.83. The van der Waals surface area contributed by atoms with Gasteiger partial charge in [-0.05, 0) is 20.8 Å². The monoisotopic (exact) mass is 117 g/mol. The van der Waals surface area contributed by atoms with E-state index in [1.54, 1.807) is 0 Å². The average Bonchev–Trinajstić information content (AvgIpc) is 1.65. The minimum absolute atomic E-state index is 0.204. The Morgan fingerprint density at radius 2 is 1.88 bits per heavy atom. The third-order valence-electron chi connectivity index (χ3n) is 0.836. The molecule has 0 saturated carbocycles. The summed E-state index contributed by atoms with van der Waals surface area (Å²) in [5, 5.41) is 0. The molecule has 1 unspecified atom stereocenters. The Morgan fingerprint density at radius 1 is 1.38 bits per heavy atom. The van der Waals surface area contributed by atoms with Crippen LogP contribution in [0.25, 0.3) is 0 Å². The summed E-state index contributed by atoms with van der Waals surface area (Å²) in [7, 11) is 0. The molecule has 0 aromatic carbocycles. The number of nitrogens with two attached hydrogens (primary N) is 1. The molecule has 0 aliphatic rings. The third kappa shape index (κ3) is 4.09. The Labute approximate surface area is 51.0 Å². The summed E-state index contributed by atoms with van der Waals surface area (Å²) in [6, 6.07) is 0. The van der Waals surface area contributed by atoms with Crippen LogP contribution in [-0.2, 0) is 4.74 Å². The van der Waals surface area contributed by atoms with Crippen molar-refractivity contribution in [1.29, 1.82) is 0 Å². The molecule has 0 aliphatic carbocycles.